The molecule has 0 radical (unpaired) electrons. The van der Waals surface area contributed by atoms with E-state index in [0.717, 1.165) is 6.07 Å². The Morgan fingerprint density at radius 1 is 1.19 bits per heavy atom. The van der Waals surface area contributed by atoms with Crippen LogP contribution in [0.3, 0.4) is 0 Å². The number of rotatable bonds is 3. The van der Waals surface area contributed by atoms with Crippen molar-refractivity contribution < 1.29 is 13.6 Å². The zero-order valence-electron chi connectivity index (χ0n) is 11.8. The van der Waals surface area contributed by atoms with Crippen molar-refractivity contribution in [2.75, 3.05) is 5.73 Å². The second-order valence-electron chi connectivity index (χ2n) is 4.94. The predicted molar refractivity (Wildman–Crippen MR) is 77.8 cm³/mol. The standard InChI is InChI=1S/C16H16F2N2O/c1-9-3-4-11(7-14(9)18)10(2)20-16(21)13-8-12(17)5-6-15(13)19/h3-8,10H,19H2,1-2H3,(H,20,21). The molecule has 0 aliphatic rings. The van der Waals surface area contributed by atoms with E-state index in [1.165, 1.54) is 18.2 Å². The van der Waals surface area contributed by atoms with Gasteiger partial charge in [-0.15, -0.1) is 0 Å². The Morgan fingerprint density at radius 2 is 1.90 bits per heavy atom. The molecule has 1 atom stereocenters. The van der Waals surface area contributed by atoms with Gasteiger partial charge >= 0.3 is 0 Å². The fourth-order valence-corrected chi connectivity index (χ4v) is 1.96. The molecule has 1 unspecified atom stereocenters. The van der Waals surface area contributed by atoms with Gasteiger partial charge in [-0.3, -0.25) is 4.79 Å². The first kappa shape index (κ1) is 15.0. The molecular formula is C16H16F2N2O. The van der Waals surface area contributed by atoms with E-state index < -0.39 is 17.8 Å². The van der Waals surface area contributed by atoms with Crippen LogP contribution in [0.4, 0.5) is 14.5 Å². The van der Waals surface area contributed by atoms with E-state index >= 15 is 0 Å². The number of benzene rings is 2. The van der Waals surface area contributed by atoms with E-state index in [1.54, 1.807) is 26.0 Å². The van der Waals surface area contributed by atoms with Crippen LogP contribution in [0.5, 0.6) is 0 Å². The summed E-state index contributed by atoms with van der Waals surface area (Å²) in [7, 11) is 0. The quantitative estimate of drug-likeness (QED) is 0.852. The first-order chi connectivity index (χ1) is 9.88. The second-order valence-corrected chi connectivity index (χ2v) is 4.94. The first-order valence-corrected chi connectivity index (χ1v) is 6.50. The van der Waals surface area contributed by atoms with Gasteiger partial charge in [-0.2, -0.15) is 0 Å². The van der Waals surface area contributed by atoms with Crippen LogP contribution in [0, 0.1) is 18.6 Å². The Bertz CT molecular complexity index is 686. The molecule has 0 spiro atoms. The highest BCUT2D eigenvalue weighted by Gasteiger charge is 2.15. The predicted octanol–water partition coefficient (Wildman–Crippen LogP) is 3.35. The fourth-order valence-electron chi connectivity index (χ4n) is 1.96. The van der Waals surface area contributed by atoms with Gasteiger partial charge < -0.3 is 11.1 Å². The van der Waals surface area contributed by atoms with E-state index in [-0.39, 0.29) is 17.1 Å². The minimum Gasteiger partial charge on any atom is -0.398 e. The molecule has 0 bridgehead atoms. The average Bonchev–Trinajstić information content (AvgIpc) is 2.44. The van der Waals surface area contributed by atoms with Crippen molar-refractivity contribution in [1.29, 1.82) is 0 Å². The third-order valence-electron chi connectivity index (χ3n) is 3.30. The maximum absolute atomic E-state index is 13.5. The maximum atomic E-state index is 13.5. The van der Waals surface area contributed by atoms with Gasteiger partial charge in [0.1, 0.15) is 11.6 Å². The molecule has 2 aromatic carbocycles. The van der Waals surface area contributed by atoms with Crippen LogP contribution in [-0.2, 0) is 0 Å². The second kappa shape index (κ2) is 5.91. The summed E-state index contributed by atoms with van der Waals surface area (Å²) < 4.78 is 26.7. The smallest absolute Gasteiger partial charge is 0.253 e. The molecule has 3 N–H and O–H groups in total. The van der Waals surface area contributed by atoms with Crippen molar-refractivity contribution in [2.24, 2.45) is 0 Å². The number of hydrogen-bond acceptors (Lipinski definition) is 2. The lowest BCUT2D eigenvalue weighted by Gasteiger charge is -2.16. The van der Waals surface area contributed by atoms with Gasteiger partial charge in [-0.25, -0.2) is 8.78 Å². The van der Waals surface area contributed by atoms with Gasteiger partial charge in [0.15, 0.2) is 0 Å². The number of hydrogen-bond donors (Lipinski definition) is 2. The van der Waals surface area contributed by atoms with E-state index in [9.17, 15) is 13.6 Å². The molecule has 5 heteroatoms. The molecule has 1 amide bonds. The summed E-state index contributed by atoms with van der Waals surface area (Å²) in [6, 6.07) is 7.92. The van der Waals surface area contributed by atoms with Crippen molar-refractivity contribution in [3.8, 4) is 0 Å². The molecule has 0 heterocycles. The Kier molecular flexibility index (Phi) is 4.21. The topological polar surface area (TPSA) is 55.1 Å². The molecular weight excluding hydrogens is 274 g/mol. The lowest BCUT2D eigenvalue weighted by molar-refractivity contribution is 0.0940. The number of amides is 1. The normalized spacial score (nSPS) is 12.0. The highest BCUT2D eigenvalue weighted by molar-refractivity contribution is 5.99. The van der Waals surface area contributed by atoms with Gasteiger partial charge in [0.2, 0.25) is 0 Å². The molecule has 3 nitrogen and oxygen atoms in total. The third kappa shape index (κ3) is 3.37. The van der Waals surface area contributed by atoms with Crippen molar-refractivity contribution in [1.82, 2.24) is 5.32 Å². The Morgan fingerprint density at radius 3 is 2.57 bits per heavy atom. The first-order valence-electron chi connectivity index (χ1n) is 6.50. The number of nitrogens with two attached hydrogens (primary N) is 1. The van der Waals surface area contributed by atoms with Crippen LogP contribution in [0.1, 0.15) is 34.5 Å². The Hall–Kier alpha value is -2.43. The molecule has 0 saturated carbocycles. The summed E-state index contributed by atoms with van der Waals surface area (Å²) in [5.41, 5.74) is 7.08. The molecule has 0 aliphatic heterocycles. The van der Waals surface area contributed by atoms with E-state index in [1.807, 2.05) is 0 Å². The highest BCUT2D eigenvalue weighted by Crippen LogP contribution is 2.18. The third-order valence-corrected chi connectivity index (χ3v) is 3.30. The summed E-state index contributed by atoms with van der Waals surface area (Å²) >= 11 is 0. The van der Waals surface area contributed by atoms with Crippen molar-refractivity contribution in [3.05, 3.63) is 64.7 Å². The van der Waals surface area contributed by atoms with Gasteiger partial charge in [0.25, 0.3) is 5.91 Å². The monoisotopic (exact) mass is 290 g/mol. The number of anilines is 1. The molecule has 2 aromatic rings. The molecule has 2 rings (SSSR count). The maximum Gasteiger partial charge on any atom is 0.253 e. The summed E-state index contributed by atoms with van der Waals surface area (Å²) in [6.45, 7) is 3.38. The number of nitrogens with one attached hydrogen (secondary N) is 1. The van der Waals surface area contributed by atoms with E-state index in [0.29, 0.717) is 11.1 Å². The zero-order chi connectivity index (χ0) is 15.6. The highest BCUT2D eigenvalue weighted by atomic mass is 19.1. The van der Waals surface area contributed by atoms with E-state index in [4.69, 9.17) is 5.73 Å². The lowest BCUT2D eigenvalue weighted by atomic mass is 10.1. The number of halogens is 2. The fraction of sp³-hybridized carbons (Fsp3) is 0.188. The van der Waals surface area contributed by atoms with Crippen LogP contribution in [0.2, 0.25) is 0 Å². The molecule has 0 aliphatic carbocycles. The van der Waals surface area contributed by atoms with Crippen molar-refractivity contribution >= 4 is 11.6 Å². The molecule has 0 fully saturated rings. The van der Waals surface area contributed by atoms with Gasteiger partial charge in [-0.05, 0) is 49.2 Å². The molecule has 0 saturated heterocycles. The SMILES string of the molecule is Cc1ccc(C(C)NC(=O)c2cc(F)ccc2N)cc1F. The summed E-state index contributed by atoms with van der Waals surface area (Å²) in [4.78, 5) is 12.1. The Balaban J connectivity index is 2.18. The number of carbonyl (C=O) groups excluding carboxylic acids is 1. The van der Waals surface area contributed by atoms with Crippen molar-refractivity contribution in [3.63, 3.8) is 0 Å². The van der Waals surface area contributed by atoms with Gasteiger partial charge in [0.05, 0.1) is 11.6 Å². The number of aryl methyl sites for hydroxylation is 1. The molecule has 21 heavy (non-hydrogen) atoms. The minimum atomic E-state index is -0.539. The Labute approximate surface area is 121 Å². The average molecular weight is 290 g/mol. The van der Waals surface area contributed by atoms with Crippen LogP contribution in [-0.4, -0.2) is 5.91 Å². The van der Waals surface area contributed by atoms with E-state index in [2.05, 4.69) is 5.32 Å². The zero-order valence-corrected chi connectivity index (χ0v) is 11.8. The lowest BCUT2D eigenvalue weighted by Crippen LogP contribution is -2.27. The van der Waals surface area contributed by atoms with Crippen LogP contribution >= 0.6 is 0 Å². The van der Waals surface area contributed by atoms with Crippen molar-refractivity contribution in [2.45, 2.75) is 19.9 Å². The molecule has 110 valence electrons. The molecule has 0 aromatic heterocycles. The van der Waals surface area contributed by atoms with Crippen LogP contribution < -0.4 is 11.1 Å². The largest absolute Gasteiger partial charge is 0.398 e. The summed E-state index contributed by atoms with van der Waals surface area (Å²) in [6.07, 6.45) is 0. The van der Waals surface area contributed by atoms with Crippen LogP contribution in [0.15, 0.2) is 36.4 Å². The van der Waals surface area contributed by atoms with Gasteiger partial charge in [0, 0.05) is 5.69 Å². The number of carbonyl (C=O) groups is 1. The minimum absolute atomic E-state index is 0.0643. The summed E-state index contributed by atoms with van der Waals surface area (Å²) in [5, 5.41) is 2.67. The van der Waals surface area contributed by atoms with Gasteiger partial charge in [-0.1, -0.05) is 12.1 Å². The summed E-state index contributed by atoms with van der Waals surface area (Å²) in [5.74, 6) is -1.37. The number of nitrogen functional groups attached to an aromatic ring is 1. The van der Waals surface area contributed by atoms with Crippen LogP contribution in [0.25, 0.3) is 0 Å².